The zero-order chi connectivity index (χ0) is 20.9. The molecule has 2 heterocycles. The molecule has 2 unspecified atom stereocenters. The Kier molecular flexibility index (Phi) is 5.09. The van der Waals surface area contributed by atoms with E-state index in [1.54, 1.807) is 12.1 Å². The summed E-state index contributed by atoms with van der Waals surface area (Å²) in [4.78, 5) is 13.8. The monoisotopic (exact) mass is 432 g/mol. The van der Waals surface area contributed by atoms with Gasteiger partial charge in [-0.2, -0.15) is 0 Å². The van der Waals surface area contributed by atoms with Gasteiger partial charge in [0.2, 0.25) is 0 Å². The van der Waals surface area contributed by atoms with E-state index in [0.717, 1.165) is 63.5 Å². The third-order valence-corrected chi connectivity index (χ3v) is 9.19. The molecular formula is C23H32N2O4S. The highest BCUT2D eigenvalue weighted by molar-refractivity contribution is 7.91. The highest BCUT2D eigenvalue weighted by atomic mass is 32.2. The van der Waals surface area contributed by atoms with Crippen LogP contribution in [0.15, 0.2) is 17.0 Å². The van der Waals surface area contributed by atoms with Crippen LogP contribution < -0.4 is 15.4 Å². The second-order valence-corrected chi connectivity index (χ2v) is 11.8. The van der Waals surface area contributed by atoms with Crippen LogP contribution in [0.5, 0.6) is 5.75 Å². The average Bonchev–Trinajstić information content (AvgIpc) is 3.66. The molecule has 7 heteroatoms. The predicted octanol–water partition coefficient (Wildman–Crippen LogP) is 2.85. The molecule has 0 radical (unpaired) electrons. The molecule has 1 aromatic rings. The minimum absolute atomic E-state index is 0.180. The number of carbonyl (C=O) groups excluding carboxylic acids is 1. The number of ether oxygens (including phenoxy) is 1. The molecule has 2 atom stereocenters. The number of carbonyl (C=O) groups is 1. The van der Waals surface area contributed by atoms with Crippen LogP contribution in [0, 0.1) is 11.8 Å². The molecule has 2 saturated carbocycles. The standard InChI is InChI=1S/C23H32N2O4S/c1-23(17-8-9-17,20-5-2-10-24-20)25-22(26)19-13-18(30(27,28)14-15-6-7-15)12-16-4-3-11-29-21(16)19/h12-13,15,17,20,24H,2-11,14H2,1H3,(H,25,26). The number of benzene rings is 1. The summed E-state index contributed by atoms with van der Waals surface area (Å²) >= 11 is 0. The van der Waals surface area contributed by atoms with Gasteiger partial charge in [0.05, 0.1) is 28.4 Å². The van der Waals surface area contributed by atoms with Crippen molar-refractivity contribution in [3.05, 3.63) is 23.3 Å². The van der Waals surface area contributed by atoms with Crippen molar-refractivity contribution in [1.82, 2.24) is 10.6 Å². The third kappa shape index (κ3) is 3.86. The maximum absolute atomic E-state index is 13.5. The van der Waals surface area contributed by atoms with E-state index in [2.05, 4.69) is 17.6 Å². The Morgan fingerprint density at radius 3 is 2.67 bits per heavy atom. The Morgan fingerprint density at radius 1 is 1.20 bits per heavy atom. The molecule has 2 aliphatic heterocycles. The van der Waals surface area contributed by atoms with E-state index >= 15 is 0 Å². The second kappa shape index (κ2) is 7.52. The van der Waals surface area contributed by atoms with Crippen molar-refractivity contribution in [2.75, 3.05) is 18.9 Å². The van der Waals surface area contributed by atoms with Crippen LogP contribution in [0.4, 0.5) is 0 Å². The van der Waals surface area contributed by atoms with Crippen LogP contribution in [0.2, 0.25) is 0 Å². The Labute approximate surface area is 179 Å². The Balaban J connectivity index is 1.49. The van der Waals surface area contributed by atoms with E-state index in [0.29, 0.717) is 23.8 Å². The molecule has 5 rings (SSSR count). The van der Waals surface area contributed by atoms with E-state index < -0.39 is 9.84 Å². The van der Waals surface area contributed by atoms with Gasteiger partial charge in [0.25, 0.3) is 5.91 Å². The van der Waals surface area contributed by atoms with Crippen molar-refractivity contribution in [2.45, 2.75) is 74.8 Å². The van der Waals surface area contributed by atoms with Gasteiger partial charge in [-0.15, -0.1) is 0 Å². The van der Waals surface area contributed by atoms with Crippen molar-refractivity contribution in [2.24, 2.45) is 11.8 Å². The first kappa shape index (κ1) is 20.3. The van der Waals surface area contributed by atoms with E-state index in [-0.39, 0.29) is 34.1 Å². The quantitative estimate of drug-likeness (QED) is 0.692. The molecule has 1 saturated heterocycles. The van der Waals surface area contributed by atoms with Crippen LogP contribution >= 0.6 is 0 Å². The van der Waals surface area contributed by atoms with Gasteiger partial charge in [-0.25, -0.2) is 8.42 Å². The van der Waals surface area contributed by atoms with E-state index in [9.17, 15) is 13.2 Å². The van der Waals surface area contributed by atoms with Gasteiger partial charge >= 0.3 is 0 Å². The Morgan fingerprint density at radius 2 is 2.00 bits per heavy atom. The van der Waals surface area contributed by atoms with Gasteiger partial charge in [-0.1, -0.05) is 0 Å². The first-order valence-electron chi connectivity index (χ1n) is 11.5. The molecule has 1 aromatic carbocycles. The van der Waals surface area contributed by atoms with Gasteiger partial charge in [0.15, 0.2) is 9.84 Å². The predicted molar refractivity (Wildman–Crippen MR) is 115 cm³/mol. The van der Waals surface area contributed by atoms with Crippen molar-refractivity contribution >= 4 is 15.7 Å². The number of sulfone groups is 1. The zero-order valence-corrected chi connectivity index (χ0v) is 18.5. The molecule has 2 N–H and O–H groups in total. The second-order valence-electron chi connectivity index (χ2n) is 9.80. The summed E-state index contributed by atoms with van der Waals surface area (Å²) in [5, 5.41) is 6.88. The molecule has 0 spiro atoms. The first-order valence-corrected chi connectivity index (χ1v) is 13.1. The number of fused-ring (bicyclic) bond motifs is 1. The molecule has 0 bridgehead atoms. The van der Waals surface area contributed by atoms with Gasteiger partial charge < -0.3 is 15.4 Å². The highest BCUT2D eigenvalue weighted by Crippen LogP contribution is 2.44. The van der Waals surface area contributed by atoms with E-state index in [1.807, 2.05) is 0 Å². The molecule has 3 fully saturated rings. The number of amides is 1. The lowest BCUT2D eigenvalue weighted by molar-refractivity contribution is 0.0863. The molecular weight excluding hydrogens is 400 g/mol. The van der Waals surface area contributed by atoms with Gasteiger partial charge in [-0.3, -0.25) is 4.79 Å². The highest BCUT2D eigenvalue weighted by Gasteiger charge is 2.49. The van der Waals surface area contributed by atoms with Crippen molar-refractivity contribution in [3.8, 4) is 5.75 Å². The maximum atomic E-state index is 13.5. The normalized spacial score (nSPS) is 25.8. The summed E-state index contributed by atoms with van der Waals surface area (Å²) in [6, 6.07) is 3.56. The van der Waals surface area contributed by atoms with Crippen LogP contribution in [-0.2, 0) is 16.3 Å². The molecule has 2 aliphatic carbocycles. The molecule has 164 valence electrons. The Hall–Kier alpha value is -1.60. The molecule has 0 aromatic heterocycles. The molecule has 4 aliphatic rings. The minimum atomic E-state index is -3.40. The van der Waals surface area contributed by atoms with Gasteiger partial charge in [0.1, 0.15) is 5.75 Å². The number of rotatable bonds is 7. The van der Waals surface area contributed by atoms with Crippen molar-refractivity contribution in [3.63, 3.8) is 0 Å². The zero-order valence-electron chi connectivity index (χ0n) is 17.7. The fourth-order valence-electron chi connectivity index (χ4n) is 5.16. The summed E-state index contributed by atoms with van der Waals surface area (Å²) in [6.45, 7) is 3.69. The molecule has 6 nitrogen and oxygen atoms in total. The topological polar surface area (TPSA) is 84.5 Å². The SMILES string of the molecule is CC(NC(=O)c1cc(S(=O)(=O)CC2CC2)cc2c1OCCC2)(C1CC1)C1CCCN1. The number of hydrogen-bond acceptors (Lipinski definition) is 5. The number of nitrogens with one attached hydrogen (secondary N) is 2. The number of aryl methyl sites for hydroxylation is 1. The minimum Gasteiger partial charge on any atom is -0.492 e. The van der Waals surface area contributed by atoms with Gasteiger partial charge in [0, 0.05) is 6.04 Å². The summed E-state index contributed by atoms with van der Waals surface area (Å²) in [5.74, 6) is 1.28. The summed E-state index contributed by atoms with van der Waals surface area (Å²) < 4.78 is 31.8. The van der Waals surface area contributed by atoms with Gasteiger partial charge in [-0.05, 0) is 94.4 Å². The maximum Gasteiger partial charge on any atom is 0.255 e. The average molecular weight is 433 g/mol. The largest absolute Gasteiger partial charge is 0.492 e. The lowest BCUT2D eigenvalue weighted by Crippen LogP contribution is -2.59. The van der Waals surface area contributed by atoms with Crippen molar-refractivity contribution < 1.29 is 17.9 Å². The smallest absolute Gasteiger partial charge is 0.255 e. The molecule has 30 heavy (non-hydrogen) atoms. The van der Waals surface area contributed by atoms with Crippen molar-refractivity contribution in [1.29, 1.82) is 0 Å². The fraction of sp³-hybridized carbons (Fsp3) is 0.696. The number of hydrogen-bond donors (Lipinski definition) is 2. The first-order chi connectivity index (χ1) is 14.4. The molecule has 1 amide bonds. The van der Waals surface area contributed by atoms with E-state index in [4.69, 9.17) is 4.74 Å². The summed E-state index contributed by atoms with van der Waals surface area (Å²) in [7, 11) is -3.40. The van der Waals surface area contributed by atoms with Crippen LogP contribution in [0.25, 0.3) is 0 Å². The summed E-state index contributed by atoms with van der Waals surface area (Å²) in [5.41, 5.74) is 0.903. The van der Waals surface area contributed by atoms with Crippen LogP contribution in [0.1, 0.15) is 67.8 Å². The van der Waals surface area contributed by atoms with Crippen LogP contribution in [-0.4, -0.2) is 44.8 Å². The summed E-state index contributed by atoms with van der Waals surface area (Å²) in [6.07, 6.45) is 7.97. The third-order valence-electron chi connectivity index (χ3n) is 7.32. The van der Waals surface area contributed by atoms with Crippen LogP contribution in [0.3, 0.4) is 0 Å². The fourth-order valence-corrected chi connectivity index (χ4v) is 6.92. The lowest BCUT2D eigenvalue weighted by Gasteiger charge is -2.37. The lowest BCUT2D eigenvalue weighted by atomic mass is 9.85. The Bertz CT molecular complexity index is 946. The van der Waals surface area contributed by atoms with E-state index in [1.165, 1.54) is 0 Å².